The molecule has 0 fully saturated rings. The molecule has 0 aliphatic heterocycles. The molecular weight excluding hydrogens is 200 g/mol. The number of carbonyl (C=O) groups excluding carboxylic acids is 1. The lowest BCUT2D eigenvalue weighted by atomic mass is 10.0. The van der Waals surface area contributed by atoms with Gasteiger partial charge in [0, 0.05) is 25.2 Å². The first-order valence-corrected chi connectivity index (χ1v) is 5.59. The molecule has 0 aliphatic carbocycles. The third-order valence-electron chi connectivity index (χ3n) is 2.78. The molecule has 0 aromatic heterocycles. The van der Waals surface area contributed by atoms with Crippen molar-refractivity contribution in [3.63, 3.8) is 0 Å². The van der Waals surface area contributed by atoms with E-state index >= 15 is 0 Å². The highest BCUT2D eigenvalue weighted by Crippen LogP contribution is 2.13. The van der Waals surface area contributed by atoms with Gasteiger partial charge in [0.1, 0.15) is 0 Å². The number of para-hydroxylation sites is 1. The van der Waals surface area contributed by atoms with Crippen LogP contribution in [0.25, 0.3) is 0 Å². The van der Waals surface area contributed by atoms with E-state index in [0.717, 1.165) is 5.69 Å². The second-order valence-electron chi connectivity index (χ2n) is 4.40. The summed E-state index contributed by atoms with van der Waals surface area (Å²) in [5.74, 6) is 0.389. The maximum Gasteiger partial charge on any atom is 0.228 e. The smallest absolute Gasteiger partial charge is 0.228 e. The predicted octanol–water partition coefficient (Wildman–Crippen LogP) is 2.02. The predicted molar refractivity (Wildman–Crippen MR) is 67.3 cm³/mol. The normalized spacial score (nSPS) is 12.6. The topological polar surface area (TPSA) is 46.3 Å². The number of rotatable bonds is 4. The van der Waals surface area contributed by atoms with E-state index in [4.69, 9.17) is 5.73 Å². The Bertz CT molecular complexity index is 335. The van der Waals surface area contributed by atoms with Crippen LogP contribution in [-0.4, -0.2) is 19.0 Å². The molecule has 0 radical (unpaired) electrons. The highest BCUT2D eigenvalue weighted by molar-refractivity contribution is 5.93. The molecule has 1 aromatic rings. The Morgan fingerprint density at radius 1 is 1.31 bits per heavy atom. The lowest BCUT2D eigenvalue weighted by Gasteiger charge is -2.21. The summed E-state index contributed by atoms with van der Waals surface area (Å²) >= 11 is 0. The molecule has 1 unspecified atom stereocenters. The van der Waals surface area contributed by atoms with Crippen molar-refractivity contribution in [2.45, 2.75) is 26.3 Å². The van der Waals surface area contributed by atoms with Crippen LogP contribution in [0.3, 0.4) is 0 Å². The Balaban J connectivity index is 2.62. The maximum atomic E-state index is 11.9. The van der Waals surface area contributed by atoms with E-state index in [-0.39, 0.29) is 11.9 Å². The minimum Gasteiger partial charge on any atom is -0.327 e. The van der Waals surface area contributed by atoms with Crippen LogP contribution in [0.15, 0.2) is 30.3 Å². The SMILES string of the molecule is CC(C)C(N)CC(=O)N(C)c1ccccc1. The molecular formula is C13H20N2O. The zero-order valence-corrected chi connectivity index (χ0v) is 10.2. The van der Waals surface area contributed by atoms with Crippen molar-refractivity contribution in [3.8, 4) is 0 Å². The number of benzene rings is 1. The third-order valence-corrected chi connectivity index (χ3v) is 2.78. The molecule has 0 saturated heterocycles. The lowest BCUT2D eigenvalue weighted by molar-refractivity contribution is -0.118. The van der Waals surface area contributed by atoms with Crippen LogP contribution in [0.1, 0.15) is 20.3 Å². The van der Waals surface area contributed by atoms with Gasteiger partial charge in [-0.1, -0.05) is 32.0 Å². The minimum absolute atomic E-state index is 0.0624. The quantitative estimate of drug-likeness (QED) is 0.843. The molecule has 3 heteroatoms. The molecule has 1 amide bonds. The van der Waals surface area contributed by atoms with Crippen LogP contribution in [0, 0.1) is 5.92 Å². The Morgan fingerprint density at radius 3 is 2.38 bits per heavy atom. The molecule has 0 bridgehead atoms. The fraction of sp³-hybridized carbons (Fsp3) is 0.462. The zero-order chi connectivity index (χ0) is 12.1. The van der Waals surface area contributed by atoms with Crippen molar-refractivity contribution in [3.05, 3.63) is 30.3 Å². The van der Waals surface area contributed by atoms with Crippen LogP contribution < -0.4 is 10.6 Å². The second-order valence-corrected chi connectivity index (χ2v) is 4.40. The standard InChI is InChI=1S/C13H20N2O/c1-10(2)12(14)9-13(16)15(3)11-7-5-4-6-8-11/h4-8,10,12H,9,14H2,1-3H3. The molecule has 1 atom stereocenters. The van der Waals surface area contributed by atoms with Crippen LogP contribution in [-0.2, 0) is 4.79 Å². The van der Waals surface area contributed by atoms with Gasteiger partial charge < -0.3 is 10.6 Å². The Kier molecular flexibility index (Phi) is 4.50. The highest BCUT2D eigenvalue weighted by Gasteiger charge is 2.16. The van der Waals surface area contributed by atoms with Crippen molar-refractivity contribution >= 4 is 11.6 Å². The third kappa shape index (κ3) is 3.35. The van der Waals surface area contributed by atoms with Gasteiger partial charge in [-0.25, -0.2) is 0 Å². The number of amides is 1. The van der Waals surface area contributed by atoms with Gasteiger partial charge in [0.25, 0.3) is 0 Å². The van der Waals surface area contributed by atoms with E-state index in [1.807, 2.05) is 44.2 Å². The Morgan fingerprint density at radius 2 is 1.88 bits per heavy atom. The summed E-state index contributed by atoms with van der Waals surface area (Å²) in [4.78, 5) is 13.6. The minimum atomic E-state index is -0.0707. The van der Waals surface area contributed by atoms with Gasteiger partial charge in [-0.05, 0) is 18.1 Å². The van der Waals surface area contributed by atoms with E-state index in [1.54, 1.807) is 11.9 Å². The average Bonchev–Trinajstić information content (AvgIpc) is 2.28. The number of anilines is 1. The van der Waals surface area contributed by atoms with Crippen LogP contribution in [0.4, 0.5) is 5.69 Å². The lowest BCUT2D eigenvalue weighted by Crippen LogP contribution is -2.36. The number of nitrogens with zero attached hydrogens (tertiary/aromatic N) is 1. The first-order chi connectivity index (χ1) is 7.52. The van der Waals surface area contributed by atoms with Gasteiger partial charge in [-0.2, -0.15) is 0 Å². The molecule has 0 heterocycles. The van der Waals surface area contributed by atoms with E-state index in [1.165, 1.54) is 0 Å². The summed E-state index contributed by atoms with van der Waals surface area (Å²) in [6, 6.07) is 9.53. The average molecular weight is 220 g/mol. The van der Waals surface area contributed by atoms with Crippen molar-refractivity contribution < 1.29 is 4.79 Å². The first-order valence-electron chi connectivity index (χ1n) is 5.59. The fourth-order valence-electron chi connectivity index (χ4n) is 1.37. The van der Waals surface area contributed by atoms with Gasteiger partial charge in [0.15, 0.2) is 0 Å². The molecule has 88 valence electrons. The van der Waals surface area contributed by atoms with Gasteiger partial charge >= 0.3 is 0 Å². The molecule has 2 N–H and O–H groups in total. The number of hydrogen-bond acceptors (Lipinski definition) is 2. The Labute approximate surface area is 97.2 Å². The summed E-state index contributed by atoms with van der Waals surface area (Å²) in [7, 11) is 1.78. The fourth-order valence-corrected chi connectivity index (χ4v) is 1.37. The van der Waals surface area contributed by atoms with Crippen molar-refractivity contribution in [2.24, 2.45) is 11.7 Å². The monoisotopic (exact) mass is 220 g/mol. The molecule has 0 spiro atoms. The van der Waals surface area contributed by atoms with Crippen LogP contribution in [0.5, 0.6) is 0 Å². The largest absolute Gasteiger partial charge is 0.327 e. The van der Waals surface area contributed by atoms with E-state index in [9.17, 15) is 4.79 Å². The summed E-state index contributed by atoms with van der Waals surface area (Å²) < 4.78 is 0. The molecule has 16 heavy (non-hydrogen) atoms. The maximum absolute atomic E-state index is 11.9. The molecule has 3 nitrogen and oxygen atoms in total. The first kappa shape index (κ1) is 12.7. The molecule has 0 saturated carbocycles. The number of hydrogen-bond donors (Lipinski definition) is 1. The summed E-state index contributed by atoms with van der Waals surface area (Å²) in [6.07, 6.45) is 0.392. The van der Waals surface area contributed by atoms with Gasteiger partial charge in [-0.15, -0.1) is 0 Å². The molecule has 0 aliphatic rings. The molecule has 1 rings (SSSR count). The number of nitrogens with two attached hydrogens (primary N) is 1. The van der Waals surface area contributed by atoms with E-state index in [0.29, 0.717) is 12.3 Å². The van der Waals surface area contributed by atoms with Gasteiger partial charge in [0.05, 0.1) is 0 Å². The van der Waals surface area contributed by atoms with Gasteiger partial charge in [0.2, 0.25) is 5.91 Å². The summed E-state index contributed by atoms with van der Waals surface area (Å²) in [5.41, 5.74) is 6.79. The van der Waals surface area contributed by atoms with Crippen LogP contribution >= 0.6 is 0 Å². The number of carbonyl (C=O) groups is 1. The van der Waals surface area contributed by atoms with E-state index in [2.05, 4.69) is 0 Å². The Hall–Kier alpha value is -1.35. The zero-order valence-electron chi connectivity index (χ0n) is 10.2. The van der Waals surface area contributed by atoms with Crippen molar-refractivity contribution in [1.82, 2.24) is 0 Å². The second kappa shape index (κ2) is 5.66. The highest BCUT2D eigenvalue weighted by atomic mass is 16.2. The van der Waals surface area contributed by atoms with Crippen molar-refractivity contribution in [1.29, 1.82) is 0 Å². The van der Waals surface area contributed by atoms with Crippen molar-refractivity contribution in [2.75, 3.05) is 11.9 Å². The van der Waals surface area contributed by atoms with Gasteiger partial charge in [-0.3, -0.25) is 4.79 Å². The summed E-state index contributed by atoms with van der Waals surface area (Å²) in [6.45, 7) is 4.06. The van der Waals surface area contributed by atoms with E-state index < -0.39 is 0 Å². The van der Waals surface area contributed by atoms with Crippen LogP contribution in [0.2, 0.25) is 0 Å². The summed E-state index contributed by atoms with van der Waals surface area (Å²) in [5, 5.41) is 0. The molecule has 1 aromatic carbocycles.